The molecule has 0 spiro atoms. The van der Waals surface area contributed by atoms with Gasteiger partial charge in [-0.05, 0) is 45.1 Å². The normalized spacial score (nSPS) is 19.5. The largest absolute Gasteiger partial charge is 0.469 e. The van der Waals surface area contributed by atoms with Crippen molar-refractivity contribution in [2.75, 3.05) is 7.11 Å². The second kappa shape index (κ2) is 5.67. The molecule has 0 N–H and O–H groups in total. The summed E-state index contributed by atoms with van der Waals surface area (Å²) in [6.45, 7) is 3.83. The van der Waals surface area contributed by atoms with Crippen molar-refractivity contribution < 1.29 is 9.53 Å². The summed E-state index contributed by atoms with van der Waals surface area (Å²) in [4.78, 5) is 11.5. The molecule has 0 aromatic heterocycles. The first-order valence-electron chi connectivity index (χ1n) is 5.61. The molecule has 0 aromatic carbocycles. The van der Waals surface area contributed by atoms with Gasteiger partial charge in [0.15, 0.2) is 0 Å². The van der Waals surface area contributed by atoms with Gasteiger partial charge in [-0.3, -0.25) is 4.79 Å². The van der Waals surface area contributed by atoms with Crippen molar-refractivity contribution >= 4 is 21.9 Å². The Kier molecular flexibility index (Phi) is 4.78. The van der Waals surface area contributed by atoms with E-state index >= 15 is 0 Å². The molecule has 0 radical (unpaired) electrons. The first-order chi connectivity index (χ1) is 7.47. The van der Waals surface area contributed by atoms with Gasteiger partial charge in [-0.2, -0.15) is 0 Å². The zero-order valence-electron chi connectivity index (χ0n) is 10.2. The maximum atomic E-state index is 11.5. The van der Waals surface area contributed by atoms with Crippen LogP contribution in [0.3, 0.4) is 0 Å². The van der Waals surface area contributed by atoms with E-state index in [0.717, 1.165) is 19.3 Å². The lowest BCUT2D eigenvalue weighted by Crippen LogP contribution is -2.24. The number of rotatable bonds is 3. The first-order valence-corrected chi connectivity index (χ1v) is 6.40. The van der Waals surface area contributed by atoms with Crippen molar-refractivity contribution in [1.82, 2.24) is 0 Å². The lowest BCUT2D eigenvalue weighted by molar-refractivity contribution is -0.150. The molecule has 16 heavy (non-hydrogen) atoms. The van der Waals surface area contributed by atoms with Crippen molar-refractivity contribution in [3.63, 3.8) is 0 Å². The molecule has 0 saturated heterocycles. The quantitative estimate of drug-likeness (QED) is 0.734. The molecule has 0 aliphatic heterocycles. The smallest absolute Gasteiger partial charge is 0.311 e. The minimum atomic E-state index is -0.438. The second-order valence-corrected chi connectivity index (χ2v) is 5.61. The zero-order valence-corrected chi connectivity index (χ0v) is 11.8. The van der Waals surface area contributed by atoms with Crippen molar-refractivity contribution in [1.29, 1.82) is 0 Å². The minimum Gasteiger partial charge on any atom is -0.469 e. The molecular formula is C13H19BrO2. The van der Waals surface area contributed by atoms with Crippen LogP contribution in [0.2, 0.25) is 0 Å². The van der Waals surface area contributed by atoms with E-state index in [-0.39, 0.29) is 5.97 Å². The van der Waals surface area contributed by atoms with Crippen LogP contribution in [0.25, 0.3) is 0 Å². The van der Waals surface area contributed by atoms with E-state index in [1.165, 1.54) is 23.6 Å². The fourth-order valence-electron chi connectivity index (χ4n) is 1.71. The molecule has 2 nitrogen and oxygen atoms in total. The van der Waals surface area contributed by atoms with Crippen LogP contribution in [0.15, 0.2) is 22.2 Å². The fraction of sp³-hybridized carbons (Fsp3) is 0.615. The lowest BCUT2D eigenvalue weighted by atomic mass is 9.87. The predicted molar refractivity (Wildman–Crippen MR) is 69.4 cm³/mol. The molecule has 0 unspecified atom stereocenters. The van der Waals surface area contributed by atoms with E-state index in [4.69, 9.17) is 4.74 Å². The number of ether oxygens (including phenoxy) is 1. The van der Waals surface area contributed by atoms with Gasteiger partial charge in [0.05, 0.1) is 12.5 Å². The van der Waals surface area contributed by atoms with Crippen LogP contribution in [0.5, 0.6) is 0 Å². The van der Waals surface area contributed by atoms with Crippen LogP contribution in [0, 0.1) is 5.41 Å². The maximum Gasteiger partial charge on any atom is 0.311 e. The number of allylic oxidation sites excluding steroid dienone is 4. The van der Waals surface area contributed by atoms with Crippen molar-refractivity contribution in [3.05, 3.63) is 22.2 Å². The summed E-state index contributed by atoms with van der Waals surface area (Å²) in [6.07, 6.45) is 8.49. The monoisotopic (exact) mass is 286 g/mol. The molecule has 0 bridgehead atoms. The van der Waals surface area contributed by atoms with E-state index in [1.807, 2.05) is 13.8 Å². The highest BCUT2D eigenvalue weighted by atomic mass is 79.9. The molecule has 1 rings (SSSR count). The van der Waals surface area contributed by atoms with Gasteiger partial charge in [0.25, 0.3) is 0 Å². The predicted octanol–water partition coefficient (Wildman–Crippen LogP) is 3.96. The van der Waals surface area contributed by atoms with E-state index < -0.39 is 5.41 Å². The molecule has 0 fully saturated rings. The van der Waals surface area contributed by atoms with Gasteiger partial charge in [-0.25, -0.2) is 0 Å². The average molecular weight is 287 g/mol. The highest BCUT2D eigenvalue weighted by Crippen LogP contribution is 2.31. The van der Waals surface area contributed by atoms with Crippen LogP contribution in [0.4, 0.5) is 0 Å². The number of hydrogen-bond acceptors (Lipinski definition) is 2. The van der Waals surface area contributed by atoms with E-state index in [0.29, 0.717) is 0 Å². The SMILES string of the molecule is COC(=O)C(C)(C)C/C=C1/CCCC=C1Br. The number of hydrogen-bond donors (Lipinski definition) is 0. The third kappa shape index (κ3) is 3.48. The summed E-state index contributed by atoms with van der Waals surface area (Å²) in [7, 11) is 1.44. The van der Waals surface area contributed by atoms with Gasteiger partial charge < -0.3 is 4.74 Å². The molecule has 1 aliphatic rings. The Hall–Kier alpha value is -0.570. The topological polar surface area (TPSA) is 26.3 Å². The van der Waals surface area contributed by atoms with Crippen LogP contribution in [-0.2, 0) is 9.53 Å². The minimum absolute atomic E-state index is 0.153. The molecule has 0 saturated carbocycles. The van der Waals surface area contributed by atoms with Gasteiger partial charge in [-0.1, -0.05) is 28.1 Å². The summed E-state index contributed by atoms with van der Waals surface area (Å²) in [6, 6.07) is 0. The molecule has 0 aromatic rings. The summed E-state index contributed by atoms with van der Waals surface area (Å²) < 4.78 is 5.97. The zero-order chi connectivity index (χ0) is 12.2. The van der Waals surface area contributed by atoms with Crippen LogP contribution in [-0.4, -0.2) is 13.1 Å². The van der Waals surface area contributed by atoms with E-state index in [2.05, 4.69) is 28.1 Å². The Morgan fingerprint density at radius 2 is 2.31 bits per heavy atom. The first kappa shape index (κ1) is 13.5. The highest BCUT2D eigenvalue weighted by molar-refractivity contribution is 9.12. The molecule has 1 aliphatic carbocycles. The Bertz CT molecular complexity index is 327. The van der Waals surface area contributed by atoms with Crippen LogP contribution < -0.4 is 0 Å². The summed E-state index contributed by atoms with van der Waals surface area (Å²) >= 11 is 3.55. The number of halogens is 1. The maximum absolute atomic E-state index is 11.5. The van der Waals surface area contributed by atoms with Crippen molar-refractivity contribution in [2.24, 2.45) is 5.41 Å². The number of esters is 1. The molecule has 0 atom stereocenters. The Morgan fingerprint density at radius 1 is 1.62 bits per heavy atom. The third-order valence-electron chi connectivity index (χ3n) is 2.88. The van der Waals surface area contributed by atoms with Gasteiger partial charge in [0.1, 0.15) is 0 Å². The Balaban J connectivity index is 2.68. The molecule has 3 heteroatoms. The Morgan fingerprint density at radius 3 is 2.88 bits per heavy atom. The molecular weight excluding hydrogens is 268 g/mol. The number of methoxy groups -OCH3 is 1. The summed E-state index contributed by atoms with van der Waals surface area (Å²) in [5, 5.41) is 0. The number of carbonyl (C=O) groups is 1. The van der Waals surface area contributed by atoms with Crippen molar-refractivity contribution in [3.8, 4) is 0 Å². The van der Waals surface area contributed by atoms with Gasteiger partial charge in [0, 0.05) is 4.48 Å². The fourth-order valence-corrected chi connectivity index (χ4v) is 2.30. The summed E-state index contributed by atoms with van der Waals surface area (Å²) in [5.41, 5.74) is 0.871. The third-order valence-corrected chi connectivity index (χ3v) is 3.71. The van der Waals surface area contributed by atoms with Crippen molar-refractivity contribution in [2.45, 2.75) is 39.5 Å². The van der Waals surface area contributed by atoms with Crippen LogP contribution >= 0.6 is 15.9 Å². The van der Waals surface area contributed by atoms with Gasteiger partial charge in [0.2, 0.25) is 0 Å². The Labute approximate surface area is 106 Å². The molecule has 0 heterocycles. The second-order valence-electron chi connectivity index (χ2n) is 4.75. The molecule has 0 amide bonds. The van der Waals surface area contributed by atoms with Gasteiger partial charge >= 0.3 is 5.97 Å². The lowest BCUT2D eigenvalue weighted by Gasteiger charge is -2.20. The van der Waals surface area contributed by atoms with E-state index in [1.54, 1.807) is 0 Å². The standard InChI is InChI=1S/C13H19BrO2/c1-13(2,12(15)16-3)9-8-10-6-4-5-7-11(10)14/h7-8H,4-6,9H2,1-3H3/b10-8-. The summed E-state index contributed by atoms with van der Waals surface area (Å²) in [5.74, 6) is -0.153. The van der Waals surface area contributed by atoms with Gasteiger partial charge in [-0.15, -0.1) is 0 Å². The van der Waals surface area contributed by atoms with Crippen LogP contribution in [0.1, 0.15) is 39.5 Å². The number of carbonyl (C=O) groups excluding carboxylic acids is 1. The molecule has 90 valence electrons. The van der Waals surface area contributed by atoms with E-state index in [9.17, 15) is 4.79 Å². The average Bonchev–Trinajstić information content (AvgIpc) is 2.27. The highest BCUT2D eigenvalue weighted by Gasteiger charge is 2.27.